The van der Waals surface area contributed by atoms with E-state index in [9.17, 15) is 20.0 Å². The number of hydrogen-bond donors (Lipinski definition) is 1. The van der Waals surface area contributed by atoms with E-state index in [0.29, 0.717) is 5.52 Å². The molecule has 4 rings (SSSR count). The average Bonchev–Trinajstić information content (AvgIpc) is 3.17. The van der Waals surface area contributed by atoms with E-state index < -0.39 is 17.9 Å². The molecule has 0 fully saturated rings. The minimum atomic E-state index is -1.01. The minimum absolute atomic E-state index is 0.0808. The largest absolute Gasteiger partial charge is 0.509 e. The van der Waals surface area contributed by atoms with Crippen LogP contribution in [0.25, 0.3) is 16.6 Å². The average molecular weight is 372 g/mol. The molecule has 2 amide bonds. The van der Waals surface area contributed by atoms with Gasteiger partial charge in [0, 0.05) is 7.05 Å². The van der Waals surface area contributed by atoms with E-state index >= 15 is 0 Å². The van der Waals surface area contributed by atoms with Crippen LogP contribution in [0.2, 0.25) is 0 Å². The predicted octanol–water partition coefficient (Wildman–Crippen LogP) is 3.05. The first kappa shape index (κ1) is 17.5. The van der Waals surface area contributed by atoms with Crippen LogP contribution in [-0.4, -0.2) is 37.4 Å². The quantitative estimate of drug-likeness (QED) is 0.433. The summed E-state index contributed by atoms with van der Waals surface area (Å²) in [5, 5.41) is 20.5. The number of allylic oxidation sites excluding steroid dienone is 1. The number of fused-ring (bicyclic) bond motifs is 2. The summed E-state index contributed by atoms with van der Waals surface area (Å²) in [6.07, 6.45) is 0. The van der Waals surface area contributed by atoms with Crippen LogP contribution in [0, 0.1) is 11.3 Å². The zero-order valence-corrected chi connectivity index (χ0v) is 15.2. The summed E-state index contributed by atoms with van der Waals surface area (Å²) in [6.45, 7) is 1.51. The number of carbonyl (C=O) groups excluding carboxylic acids is 2. The van der Waals surface area contributed by atoms with Crippen LogP contribution < -0.4 is 0 Å². The number of nitrogens with zero attached hydrogens (tertiary/aromatic N) is 4. The Morgan fingerprint density at radius 2 is 1.64 bits per heavy atom. The summed E-state index contributed by atoms with van der Waals surface area (Å²) in [4.78, 5) is 30.7. The molecule has 28 heavy (non-hydrogen) atoms. The van der Waals surface area contributed by atoms with Gasteiger partial charge in [-0.2, -0.15) is 5.26 Å². The van der Waals surface area contributed by atoms with Crippen LogP contribution >= 0.6 is 0 Å². The zero-order valence-electron chi connectivity index (χ0n) is 15.2. The van der Waals surface area contributed by atoms with Gasteiger partial charge in [0.15, 0.2) is 5.82 Å². The van der Waals surface area contributed by atoms with Crippen LogP contribution in [-0.2, 0) is 7.05 Å². The maximum absolute atomic E-state index is 12.7. The molecular formula is C21H16N4O3. The van der Waals surface area contributed by atoms with E-state index in [0.717, 1.165) is 10.4 Å². The number of carbonyl (C=O) groups is 2. The monoisotopic (exact) mass is 372 g/mol. The van der Waals surface area contributed by atoms with Gasteiger partial charge in [0.1, 0.15) is 17.4 Å². The Bertz CT molecular complexity index is 1180. The summed E-state index contributed by atoms with van der Waals surface area (Å²) in [5.41, 5.74) is 1.96. The van der Waals surface area contributed by atoms with Crippen molar-refractivity contribution in [2.75, 3.05) is 0 Å². The second-order valence-corrected chi connectivity index (χ2v) is 6.56. The third-order valence-electron chi connectivity index (χ3n) is 4.99. The lowest BCUT2D eigenvalue weighted by Crippen LogP contribution is -2.39. The Labute approximate surface area is 160 Å². The van der Waals surface area contributed by atoms with Crippen molar-refractivity contribution < 1.29 is 14.7 Å². The number of aliphatic hydroxyl groups excluding tert-OH is 1. The minimum Gasteiger partial charge on any atom is -0.509 e. The van der Waals surface area contributed by atoms with Crippen LogP contribution in [0.3, 0.4) is 0 Å². The van der Waals surface area contributed by atoms with E-state index in [-0.39, 0.29) is 28.3 Å². The summed E-state index contributed by atoms with van der Waals surface area (Å²) in [6, 6.07) is 14.8. The number of para-hydroxylation sites is 2. The Kier molecular flexibility index (Phi) is 3.97. The van der Waals surface area contributed by atoms with Gasteiger partial charge in [0.2, 0.25) is 0 Å². The maximum atomic E-state index is 12.7. The number of aromatic nitrogens is 2. The first-order chi connectivity index (χ1) is 13.5. The van der Waals surface area contributed by atoms with Crippen molar-refractivity contribution >= 4 is 28.4 Å². The Hall–Kier alpha value is -3.92. The van der Waals surface area contributed by atoms with Crippen molar-refractivity contribution in [3.8, 4) is 6.07 Å². The smallest absolute Gasteiger partial charge is 0.262 e. The van der Waals surface area contributed by atoms with Crippen LogP contribution in [0.5, 0.6) is 0 Å². The molecule has 7 heteroatoms. The maximum Gasteiger partial charge on any atom is 0.262 e. The number of imidazole rings is 1. The van der Waals surface area contributed by atoms with Gasteiger partial charge < -0.3 is 9.67 Å². The lowest BCUT2D eigenvalue weighted by atomic mass is 10.1. The Morgan fingerprint density at radius 1 is 1.07 bits per heavy atom. The summed E-state index contributed by atoms with van der Waals surface area (Å²) < 4.78 is 1.69. The Balaban J connectivity index is 1.80. The molecular weight excluding hydrogens is 356 g/mol. The van der Waals surface area contributed by atoms with Gasteiger partial charge in [0.05, 0.1) is 28.2 Å². The van der Waals surface area contributed by atoms with Crippen LogP contribution in [0.15, 0.2) is 54.3 Å². The zero-order chi connectivity index (χ0) is 20.0. The molecule has 1 aliphatic rings. The molecule has 1 unspecified atom stereocenters. The number of benzene rings is 2. The van der Waals surface area contributed by atoms with E-state index in [2.05, 4.69) is 4.98 Å². The second kappa shape index (κ2) is 6.35. The first-order valence-corrected chi connectivity index (χ1v) is 8.67. The molecule has 7 nitrogen and oxygen atoms in total. The molecule has 0 bridgehead atoms. The summed E-state index contributed by atoms with van der Waals surface area (Å²) in [5.74, 6) is -1.11. The molecule has 0 radical (unpaired) electrons. The highest BCUT2D eigenvalue weighted by molar-refractivity contribution is 6.21. The molecule has 1 aliphatic heterocycles. The highest BCUT2D eigenvalue weighted by Crippen LogP contribution is 2.29. The third-order valence-corrected chi connectivity index (χ3v) is 4.99. The molecule has 0 aliphatic carbocycles. The van der Waals surface area contributed by atoms with Gasteiger partial charge in [-0.3, -0.25) is 14.5 Å². The van der Waals surface area contributed by atoms with Gasteiger partial charge in [-0.05, 0) is 31.2 Å². The molecule has 138 valence electrons. The lowest BCUT2D eigenvalue weighted by Gasteiger charge is -2.22. The van der Waals surface area contributed by atoms with E-state index in [4.69, 9.17) is 0 Å². The topological polar surface area (TPSA) is 99.2 Å². The van der Waals surface area contributed by atoms with Gasteiger partial charge in [-0.1, -0.05) is 24.3 Å². The predicted molar refractivity (Wildman–Crippen MR) is 102 cm³/mol. The number of hydrogen-bond acceptors (Lipinski definition) is 5. The number of nitriles is 1. The van der Waals surface area contributed by atoms with Crippen molar-refractivity contribution in [3.05, 3.63) is 71.2 Å². The van der Waals surface area contributed by atoms with Gasteiger partial charge in [-0.25, -0.2) is 4.98 Å². The van der Waals surface area contributed by atoms with Crippen molar-refractivity contribution in [2.45, 2.75) is 13.0 Å². The molecule has 2 heterocycles. The highest BCUT2D eigenvalue weighted by Gasteiger charge is 2.40. The fourth-order valence-electron chi connectivity index (χ4n) is 3.48. The van der Waals surface area contributed by atoms with Crippen molar-refractivity contribution in [1.29, 1.82) is 5.26 Å². The molecule has 0 spiro atoms. The second-order valence-electron chi connectivity index (χ2n) is 6.56. The lowest BCUT2D eigenvalue weighted by molar-refractivity contribution is 0.0590. The first-order valence-electron chi connectivity index (χ1n) is 8.67. The fourth-order valence-corrected chi connectivity index (χ4v) is 3.48. The number of aryl methyl sites for hydroxylation is 1. The molecule has 1 aromatic heterocycles. The number of rotatable bonds is 3. The fraction of sp³-hybridized carbons (Fsp3) is 0.143. The molecule has 3 aromatic rings. The van der Waals surface area contributed by atoms with Gasteiger partial charge in [-0.15, -0.1) is 0 Å². The third kappa shape index (κ3) is 2.39. The van der Waals surface area contributed by atoms with E-state index in [1.54, 1.807) is 41.9 Å². The van der Waals surface area contributed by atoms with Crippen molar-refractivity contribution in [3.63, 3.8) is 0 Å². The van der Waals surface area contributed by atoms with Crippen molar-refractivity contribution in [2.24, 2.45) is 7.05 Å². The normalized spacial score (nSPS) is 15.4. The molecule has 0 saturated carbocycles. The summed E-state index contributed by atoms with van der Waals surface area (Å²) >= 11 is 0. The van der Waals surface area contributed by atoms with E-state index in [1.807, 2.05) is 24.3 Å². The van der Waals surface area contributed by atoms with Crippen molar-refractivity contribution in [1.82, 2.24) is 14.5 Å². The number of imide groups is 1. The van der Waals surface area contributed by atoms with E-state index in [1.165, 1.54) is 6.92 Å². The Morgan fingerprint density at radius 3 is 2.21 bits per heavy atom. The SMILES string of the molecule is CC(/C(O)=C(\C#N)c1nc2ccccc2n1C)N1C(=O)c2ccccc2C1=O. The molecule has 0 saturated heterocycles. The van der Waals surface area contributed by atoms with Crippen LogP contribution in [0.1, 0.15) is 33.5 Å². The molecule has 1 atom stereocenters. The molecule has 2 aromatic carbocycles. The van der Waals surface area contributed by atoms with Gasteiger partial charge in [0.25, 0.3) is 11.8 Å². The van der Waals surface area contributed by atoms with Gasteiger partial charge >= 0.3 is 0 Å². The number of amides is 2. The molecule has 1 N–H and O–H groups in total. The summed E-state index contributed by atoms with van der Waals surface area (Å²) in [7, 11) is 1.74. The highest BCUT2D eigenvalue weighted by atomic mass is 16.3. The standard InChI is InChI=1S/C21H16N4O3/c1-12(25-20(27)13-7-3-4-8-14(13)21(25)28)18(26)15(11-22)19-23-16-9-5-6-10-17(16)24(19)2/h3-10,12,26H,1-2H3/b18-15-. The number of aliphatic hydroxyl groups is 1. The van der Waals surface area contributed by atoms with Crippen LogP contribution in [0.4, 0.5) is 0 Å².